The van der Waals surface area contributed by atoms with E-state index in [4.69, 9.17) is 10.4 Å². The van der Waals surface area contributed by atoms with E-state index < -0.39 is 6.09 Å². The van der Waals surface area contributed by atoms with Crippen molar-refractivity contribution in [1.82, 2.24) is 16.0 Å². The van der Waals surface area contributed by atoms with Gasteiger partial charge in [-0.1, -0.05) is 0 Å². The molecule has 0 aliphatic carbocycles. The summed E-state index contributed by atoms with van der Waals surface area (Å²) < 4.78 is 0. The Hall–Kier alpha value is -1.97. The standard InChI is InChI=1S/C3H4N4O3/c4-1-5-7(3(9)10)6-2-8/h2,5H,(H,6,8)(H,9,10). The van der Waals surface area contributed by atoms with E-state index in [9.17, 15) is 9.59 Å². The summed E-state index contributed by atoms with van der Waals surface area (Å²) >= 11 is 0. The van der Waals surface area contributed by atoms with Crippen molar-refractivity contribution in [2.75, 3.05) is 0 Å². The monoisotopic (exact) mass is 144 g/mol. The van der Waals surface area contributed by atoms with Crippen LogP contribution in [0, 0.1) is 11.5 Å². The van der Waals surface area contributed by atoms with Crippen molar-refractivity contribution in [2.45, 2.75) is 0 Å². The number of carbonyl (C=O) groups excluding carboxylic acids is 1. The summed E-state index contributed by atoms with van der Waals surface area (Å²) in [6, 6.07) is 0. The predicted molar refractivity (Wildman–Crippen MR) is 27.8 cm³/mol. The lowest BCUT2D eigenvalue weighted by molar-refractivity contribution is -0.113. The van der Waals surface area contributed by atoms with Gasteiger partial charge in [-0.25, -0.2) is 15.6 Å². The average molecular weight is 144 g/mol. The SMILES string of the molecule is N#CNN(NC=O)C(=O)O. The molecule has 0 atom stereocenters. The molecule has 7 heteroatoms. The van der Waals surface area contributed by atoms with Crippen LogP contribution < -0.4 is 10.9 Å². The second-order valence-corrected chi connectivity index (χ2v) is 1.09. The maximum atomic E-state index is 9.97. The molecule has 0 aromatic carbocycles. The molecule has 3 N–H and O–H groups in total. The number of hydrogen-bond donors (Lipinski definition) is 3. The Balaban J connectivity index is 3.86. The largest absolute Gasteiger partial charge is 0.462 e. The minimum atomic E-state index is -1.48. The summed E-state index contributed by atoms with van der Waals surface area (Å²) in [6.07, 6.45) is -0.0470. The summed E-state index contributed by atoms with van der Waals surface area (Å²) in [5.74, 6) is 0. The van der Waals surface area contributed by atoms with Crippen LogP contribution >= 0.6 is 0 Å². The molecule has 0 rings (SSSR count). The van der Waals surface area contributed by atoms with Crippen LogP contribution in [0.3, 0.4) is 0 Å². The highest BCUT2D eigenvalue weighted by atomic mass is 16.4. The van der Waals surface area contributed by atoms with Gasteiger partial charge in [0.05, 0.1) is 0 Å². The van der Waals surface area contributed by atoms with Crippen LogP contribution in [0.25, 0.3) is 0 Å². The minimum Gasteiger partial charge on any atom is -0.462 e. The number of carbonyl (C=O) groups is 2. The second-order valence-electron chi connectivity index (χ2n) is 1.09. The van der Waals surface area contributed by atoms with E-state index in [1.807, 2.05) is 0 Å². The Kier molecular flexibility index (Phi) is 3.18. The fraction of sp³-hybridized carbons (Fsp3) is 0. The van der Waals surface area contributed by atoms with Crippen molar-refractivity contribution in [1.29, 1.82) is 5.26 Å². The third-order valence-corrected chi connectivity index (χ3v) is 0.535. The van der Waals surface area contributed by atoms with Gasteiger partial charge in [-0.2, -0.15) is 5.26 Å². The van der Waals surface area contributed by atoms with Gasteiger partial charge in [0.15, 0.2) is 6.19 Å². The molecule has 0 aliphatic rings. The lowest BCUT2D eigenvalue weighted by Gasteiger charge is -2.12. The van der Waals surface area contributed by atoms with Gasteiger partial charge in [0.1, 0.15) is 0 Å². The molecular formula is C3H4N4O3. The molecule has 0 heterocycles. The highest BCUT2D eigenvalue weighted by molar-refractivity contribution is 5.66. The Morgan fingerprint density at radius 3 is 2.70 bits per heavy atom. The molecule has 0 spiro atoms. The Bertz CT molecular complexity index is 173. The smallest absolute Gasteiger partial charge is 0.446 e. The van der Waals surface area contributed by atoms with Gasteiger partial charge >= 0.3 is 6.09 Å². The summed E-state index contributed by atoms with van der Waals surface area (Å²) in [6.45, 7) is 0. The van der Waals surface area contributed by atoms with Gasteiger partial charge in [-0.05, 0) is 0 Å². The maximum Gasteiger partial charge on any atom is 0.446 e. The molecule has 0 aromatic heterocycles. The lowest BCUT2D eigenvalue weighted by atomic mass is 11.1. The summed E-state index contributed by atoms with van der Waals surface area (Å²) in [4.78, 5) is 19.6. The molecule has 0 bridgehead atoms. The van der Waals surface area contributed by atoms with Crippen LogP contribution in [-0.2, 0) is 4.79 Å². The van der Waals surface area contributed by atoms with Gasteiger partial charge in [-0.3, -0.25) is 4.79 Å². The normalized spacial score (nSPS) is 7.10. The van der Waals surface area contributed by atoms with Gasteiger partial charge in [0.25, 0.3) is 0 Å². The van der Waals surface area contributed by atoms with E-state index in [0.717, 1.165) is 0 Å². The topological polar surface area (TPSA) is 105 Å². The van der Waals surface area contributed by atoms with Crippen LogP contribution in [0.4, 0.5) is 4.79 Å². The molecule has 0 saturated carbocycles. The van der Waals surface area contributed by atoms with Crippen LogP contribution in [0.5, 0.6) is 0 Å². The van der Waals surface area contributed by atoms with Gasteiger partial charge < -0.3 is 5.11 Å². The van der Waals surface area contributed by atoms with E-state index in [2.05, 4.69) is 0 Å². The number of amides is 2. The van der Waals surface area contributed by atoms with Gasteiger partial charge in [0, 0.05) is 0 Å². The Morgan fingerprint density at radius 1 is 1.80 bits per heavy atom. The average Bonchev–Trinajstić information content (AvgIpc) is 1.87. The van der Waals surface area contributed by atoms with Crippen LogP contribution in [-0.4, -0.2) is 22.7 Å². The van der Waals surface area contributed by atoms with E-state index in [1.165, 1.54) is 6.19 Å². The molecule has 7 nitrogen and oxygen atoms in total. The molecule has 10 heavy (non-hydrogen) atoms. The predicted octanol–water partition coefficient (Wildman–Crippen LogP) is -1.39. The number of nitriles is 1. The van der Waals surface area contributed by atoms with Crippen molar-refractivity contribution in [2.24, 2.45) is 0 Å². The molecule has 0 saturated heterocycles. The third-order valence-electron chi connectivity index (χ3n) is 0.535. The third kappa shape index (κ3) is 2.37. The van der Waals surface area contributed by atoms with Gasteiger partial charge in [-0.15, -0.1) is 5.12 Å². The zero-order valence-electron chi connectivity index (χ0n) is 4.74. The summed E-state index contributed by atoms with van der Waals surface area (Å²) in [5.41, 5.74) is 3.38. The first-order chi connectivity index (χ1) is 4.72. The highest BCUT2D eigenvalue weighted by Crippen LogP contribution is 1.72. The Labute approximate surface area is 55.8 Å². The molecule has 2 amide bonds. The summed E-state index contributed by atoms with van der Waals surface area (Å²) in [5, 5.41) is 16.2. The van der Waals surface area contributed by atoms with E-state index in [-0.39, 0.29) is 11.5 Å². The number of carboxylic acid groups (broad SMARTS) is 1. The number of hydrazine groups is 2. The maximum absolute atomic E-state index is 9.97. The number of rotatable bonds is 3. The van der Waals surface area contributed by atoms with Crippen LogP contribution in [0.2, 0.25) is 0 Å². The molecule has 0 fully saturated rings. The summed E-state index contributed by atoms with van der Waals surface area (Å²) in [7, 11) is 0. The number of nitrogens with one attached hydrogen (secondary N) is 2. The molecule has 0 radical (unpaired) electrons. The van der Waals surface area contributed by atoms with Crippen molar-refractivity contribution in [3.05, 3.63) is 0 Å². The first kappa shape index (κ1) is 8.03. The molecular weight excluding hydrogens is 140 g/mol. The molecule has 0 aliphatic heterocycles. The first-order valence-corrected chi connectivity index (χ1v) is 2.10. The second kappa shape index (κ2) is 3.96. The molecule has 54 valence electrons. The minimum absolute atomic E-state index is 0.123. The van der Waals surface area contributed by atoms with Crippen LogP contribution in [0.1, 0.15) is 0 Å². The lowest BCUT2D eigenvalue weighted by Crippen LogP contribution is -2.48. The zero-order valence-corrected chi connectivity index (χ0v) is 4.74. The highest BCUT2D eigenvalue weighted by Gasteiger charge is 2.07. The number of nitrogens with zero attached hydrogens (tertiary/aromatic N) is 2. The van der Waals surface area contributed by atoms with Crippen molar-refractivity contribution >= 4 is 12.5 Å². The van der Waals surface area contributed by atoms with Crippen molar-refractivity contribution in [3.63, 3.8) is 0 Å². The Morgan fingerprint density at radius 2 is 2.40 bits per heavy atom. The van der Waals surface area contributed by atoms with E-state index in [0.29, 0.717) is 0 Å². The van der Waals surface area contributed by atoms with Gasteiger partial charge in [0.2, 0.25) is 6.41 Å². The fourth-order valence-corrected chi connectivity index (χ4v) is 0.238. The first-order valence-electron chi connectivity index (χ1n) is 2.10. The molecule has 0 unspecified atom stereocenters. The molecule has 0 aromatic rings. The zero-order chi connectivity index (χ0) is 7.98. The van der Waals surface area contributed by atoms with Crippen molar-refractivity contribution < 1.29 is 14.7 Å². The fourth-order valence-electron chi connectivity index (χ4n) is 0.238. The van der Waals surface area contributed by atoms with Crippen LogP contribution in [0.15, 0.2) is 0 Å². The van der Waals surface area contributed by atoms with E-state index in [1.54, 1.807) is 10.9 Å². The number of hydrogen-bond acceptors (Lipinski definition) is 4. The van der Waals surface area contributed by atoms with Crippen molar-refractivity contribution in [3.8, 4) is 6.19 Å². The quantitative estimate of drug-likeness (QED) is 0.196. The van der Waals surface area contributed by atoms with E-state index >= 15 is 0 Å².